The van der Waals surface area contributed by atoms with Crippen molar-refractivity contribution in [2.24, 2.45) is 11.8 Å². The van der Waals surface area contributed by atoms with Crippen LogP contribution in [0.15, 0.2) is 12.3 Å². The lowest BCUT2D eigenvalue weighted by Crippen LogP contribution is -2.68. The van der Waals surface area contributed by atoms with Gasteiger partial charge in [0.25, 0.3) is 0 Å². The van der Waals surface area contributed by atoms with E-state index in [0.29, 0.717) is 52.4 Å². The fraction of sp³-hybridized carbons (Fsp3) is 0.778. The van der Waals surface area contributed by atoms with Crippen molar-refractivity contribution < 1.29 is 19.4 Å². The Hall–Kier alpha value is -1.44. The lowest BCUT2D eigenvalue weighted by atomic mass is 9.66. The number of nitrogens with zero attached hydrogens (tertiary/aromatic N) is 3. The van der Waals surface area contributed by atoms with Crippen molar-refractivity contribution in [3.05, 3.63) is 18.0 Å². The second kappa shape index (κ2) is 6.70. The highest BCUT2D eigenvalue weighted by Gasteiger charge is 2.56. The molecule has 7 nitrogen and oxygen atoms in total. The number of aliphatic hydroxyl groups is 1. The molecule has 1 aromatic rings. The maximum absolute atomic E-state index is 12.9. The lowest BCUT2D eigenvalue weighted by molar-refractivity contribution is -0.219. The Morgan fingerprint density at radius 2 is 2.24 bits per heavy atom. The highest BCUT2D eigenvalue weighted by molar-refractivity contribution is 5.76. The summed E-state index contributed by atoms with van der Waals surface area (Å²) >= 11 is 0. The molecule has 1 N–H and O–H groups in total. The van der Waals surface area contributed by atoms with Gasteiger partial charge in [0.05, 0.1) is 24.5 Å². The van der Waals surface area contributed by atoms with Crippen LogP contribution >= 0.6 is 0 Å². The monoisotopic (exact) mass is 349 g/mol. The van der Waals surface area contributed by atoms with Crippen LogP contribution in [-0.4, -0.2) is 70.3 Å². The SMILES string of the molecule is Cc1ccn(CCC(=O)N2C[C@@H]3COCC[C@]3(O)[C@H]3COCC[C@H]32)n1. The lowest BCUT2D eigenvalue weighted by Gasteiger charge is -2.57. The van der Waals surface area contributed by atoms with Gasteiger partial charge in [0, 0.05) is 63.2 Å². The van der Waals surface area contributed by atoms with E-state index >= 15 is 0 Å². The van der Waals surface area contributed by atoms with Gasteiger partial charge in [0.15, 0.2) is 0 Å². The van der Waals surface area contributed by atoms with Gasteiger partial charge in [-0.2, -0.15) is 5.10 Å². The summed E-state index contributed by atoms with van der Waals surface area (Å²) in [6.07, 6.45) is 3.77. The van der Waals surface area contributed by atoms with Crippen LogP contribution in [0.4, 0.5) is 0 Å². The molecule has 1 amide bonds. The minimum absolute atomic E-state index is 0.0141. The van der Waals surface area contributed by atoms with Crippen LogP contribution in [-0.2, 0) is 20.8 Å². The van der Waals surface area contributed by atoms with Crippen molar-refractivity contribution >= 4 is 5.91 Å². The normalized spacial score (nSPS) is 35.1. The van der Waals surface area contributed by atoms with Crippen LogP contribution in [0, 0.1) is 18.8 Å². The van der Waals surface area contributed by atoms with Gasteiger partial charge in [-0.1, -0.05) is 0 Å². The van der Waals surface area contributed by atoms with Crippen molar-refractivity contribution in [2.75, 3.05) is 33.0 Å². The Labute approximate surface area is 147 Å². The first-order chi connectivity index (χ1) is 12.1. The summed E-state index contributed by atoms with van der Waals surface area (Å²) in [5.74, 6) is 0.0950. The molecule has 1 aromatic heterocycles. The van der Waals surface area contributed by atoms with Gasteiger partial charge in [-0.25, -0.2) is 0 Å². The highest BCUT2D eigenvalue weighted by atomic mass is 16.5. The number of ether oxygens (including phenoxy) is 2. The summed E-state index contributed by atoms with van der Waals surface area (Å²) in [6, 6.07) is 2.01. The minimum Gasteiger partial charge on any atom is -0.389 e. The number of carbonyl (C=O) groups is 1. The predicted octanol–water partition coefficient (Wildman–Crippen LogP) is 0.597. The fourth-order valence-corrected chi connectivity index (χ4v) is 4.69. The van der Waals surface area contributed by atoms with Crippen molar-refractivity contribution in [3.63, 3.8) is 0 Å². The molecule has 0 radical (unpaired) electrons. The first-order valence-corrected chi connectivity index (χ1v) is 9.25. The van der Waals surface area contributed by atoms with Crippen LogP contribution in [0.5, 0.6) is 0 Å². The van der Waals surface area contributed by atoms with Gasteiger partial charge in [0.1, 0.15) is 0 Å². The quantitative estimate of drug-likeness (QED) is 0.865. The molecule has 3 saturated heterocycles. The van der Waals surface area contributed by atoms with Gasteiger partial charge < -0.3 is 19.5 Å². The smallest absolute Gasteiger partial charge is 0.224 e. The zero-order chi connectivity index (χ0) is 17.4. The summed E-state index contributed by atoms with van der Waals surface area (Å²) in [5, 5.41) is 15.6. The summed E-state index contributed by atoms with van der Waals surface area (Å²) < 4.78 is 13.1. The van der Waals surface area contributed by atoms with Gasteiger partial charge in [-0.05, 0) is 19.4 Å². The van der Waals surface area contributed by atoms with Gasteiger partial charge in [0.2, 0.25) is 5.91 Å². The molecule has 25 heavy (non-hydrogen) atoms. The van der Waals surface area contributed by atoms with Crippen LogP contribution in [0.1, 0.15) is 25.0 Å². The maximum atomic E-state index is 12.9. The Morgan fingerprint density at radius 3 is 3.04 bits per heavy atom. The zero-order valence-electron chi connectivity index (χ0n) is 14.8. The van der Waals surface area contributed by atoms with Crippen molar-refractivity contribution in [1.82, 2.24) is 14.7 Å². The summed E-state index contributed by atoms with van der Waals surface area (Å²) in [6.45, 7) is 5.39. The van der Waals surface area contributed by atoms with E-state index in [9.17, 15) is 9.90 Å². The Balaban J connectivity index is 1.49. The summed E-state index contributed by atoms with van der Waals surface area (Å²) in [4.78, 5) is 14.9. The molecule has 3 fully saturated rings. The van der Waals surface area contributed by atoms with Crippen molar-refractivity contribution in [3.8, 4) is 0 Å². The first-order valence-electron chi connectivity index (χ1n) is 9.25. The van der Waals surface area contributed by atoms with Crippen LogP contribution in [0.25, 0.3) is 0 Å². The van der Waals surface area contributed by atoms with Crippen LogP contribution < -0.4 is 0 Å². The minimum atomic E-state index is -0.765. The maximum Gasteiger partial charge on any atom is 0.224 e. The molecule has 4 rings (SSSR count). The van der Waals surface area contributed by atoms with E-state index < -0.39 is 5.60 Å². The van der Waals surface area contributed by atoms with E-state index in [-0.39, 0.29) is 23.8 Å². The molecule has 3 aliphatic rings. The number of likely N-dealkylation sites (tertiary alicyclic amines) is 1. The molecule has 0 spiro atoms. The first kappa shape index (κ1) is 17.0. The van der Waals surface area contributed by atoms with E-state index in [1.165, 1.54) is 0 Å². The highest BCUT2D eigenvalue weighted by Crippen LogP contribution is 2.44. The molecule has 138 valence electrons. The Bertz CT molecular complexity index is 634. The number of fused-ring (bicyclic) bond motifs is 3. The van der Waals surface area contributed by atoms with Gasteiger partial charge >= 0.3 is 0 Å². The van der Waals surface area contributed by atoms with E-state index in [0.717, 1.165) is 12.1 Å². The molecular weight excluding hydrogens is 322 g/mol. The van der Waals surface area contributed by atoms with Crippen molar-refractivity contribution in [2.45, 2.75) is 44.4 Å². The average Bonchev–Trinajstić information content (AvgIpc) is 3.04. The Kier molecular flexibility index (Phi) is 4.56. The van der Waals surface area contributed by atoms with Crippen LogP contribution in [0.3, 0.4) is 0 Å². The number of piperidine rings is 1. The molecule has 7 heteroatoms. The van der Waals surface area contributed by atoms with E-state index in [4.69, 9.17) is 9.47 Å². The number of amides is 1. The molecule has 3 aliphatic heterocycles. The second-order valence-corrected chi connectivity index (χ2v) is 7.57. The summed E-state index contributed by atoms with van der Waals surface area (Å²) in [7, 11) is 0. The van der Waals surface area contributed by atoms with Gasteiger partial charge in [-0.15, -0.1) is 0 Å². The number of hydrogen-bond acceptors (Lipinski definition) is 5. The molecule has 0 saturated carbocycles. The summed E-state index contributed by atoms with van der Waals surface area (Å²) in [5.41, 5.74) is 0.193. The molecule has 4 atom stereocenters. The Morgan fingerprint density at radius 1 is 1.40 bits per heavy atom. The number of aromatic nitrogens is 2. The number of carbonyl (C=O) groups excluding carboxylic acids is 1. The molecule has 0 bridgehead atoms. The van der Waals surface area contributed by atoms with Gasteiger partial charge in [-0.3, -0.25) is 9.48 Å². The molecule has 0 unspecified atom stereocenters. The molecule has 0 aromatic carbocycles. The molecule has 0 aliphatic carbocycles. The average molecular weight is 349 g/mol. The standard InChI is InChI=1S/C18H27N3O4/c1-13-2-6-20(19-13)7-3-17(22)21-10-14-11-25-9-5-18(14,23)15-12-24-8-4-16(15)21/h2,6,14-16,23H,3-5,7-12H2,1H3/t14-,15+,16-,18-/m1/s1. The topological polar surface area (TPSA) is 76.8 Å². The van der Waals surface area contributed by atoms with E-state index in [2.05, 4.69) is 5.10 Å². The predicted molar refractivity (Wildman–Crippen MR) is 89.9 cm³/mol. The largest absolute Gasteiger partial charge is 0.389 e. The number of rotatable bonds is 3. The molecular formula is C18H27N3O4. The third-order valence-electron chi connectivity index (χ3n) is 6.10. The number of hydrogen-bond donors (Lipinski definition) is 1. The van der Waals surface area contributed by atoms with E-state index in [1.54, 1.807) is 0 Å². The number of aryl methyl sites for hydroxylation is 2. The fourth-order valence-electron chi connectivity index (χ4n) is 4.69. The van der Waals surface area contributed by atoms with E-state index in [1.807, 2.05) is 28.8 Å². The molecule has 4 heterocycles. The third-order valence-corrected chi connectivity index (χ3v) is 6.10. The zero-order valence-corrected chi connectivity index (χ0v) is 14.8. The van der Waals surface area contributed by atoms with Crippen LogP contribution in [0.2, 0.25) is 0 Å². The second-order valence-electron chi connectivity index (χ2n) is 7.57. The van der Waals surface area contributed by atoms with Crippen molar-refractivity contribution in [1.29, 1.82) is 0 Å². The third kappa shape index (κ3) is 3.09.